The van der Waals surface area contributed by atoms with Crippen molar-refractivity contribution in [3.8, 4) is 0 Å². The molecule has 2 N–H and O–H groups in total. The molecule has 0 saturated heterocycles. The van der Waals surface area contributed by atoms with E-state index in [0.717, 1.165) is 22.5 Å². The van der Waals surface area contributed by atoms with Gasteiger partial charge in [-0.15, -0.1) is 0 Å². The predicted molar refractivity (Wildman–Crippen MR) is 88.8 cm³/mol. The fraction of sp³-hybridized carbons (Fsp3) is 0.278. The van der Waals surface area contributed by atoms with E-state index in [2.05, 4.69) is 72.5 Å². The zero-order valence-corrected chi connectivity index (χ0v) is 13.0. The maximum Gasteiger partial charge on any atom is 0.104 e. The van der Waals surface area contributed by atoms with E-state index in [1.54, 1.807) is 0 Å². The van der Waals surface area contributed by atoms with E-state index in [1.165, 1.54) is 16.7 Å². The Morgan fingerprint density at radius 3 is 2.62 bits per heavy atom. The molecule has 0 bridgehead atoms. The second-order valence-electron chi connectivity index (χ2n) is 5.78. The number of imidazole rings is 1. The Morgan fingerprint density at radius 2 is 1.86 bits per heavy atom. The number of anilines is 1. The normalized spacial score (nSPS) is 12.6. The summed E-state index contributed by atoms with van der Waals surface area (Å²) in [5.74, 6) is 0.949. The number of nitrogens with one attached hydrogen (secondary N) is 2. The van der Waals surface area contributed by atoms with E-state index in [-0.39, 0.29) is 6.04 Å². The van der Waals surface area contributed by atoms with Crippen LogP contribution < -0.4 is 5.32 Å². The van der Waals surface area contributed by atoms with Gasteiger partial charge in [-0.2, -0.15) is 0 Å². The molecule has 0 saturated carbocycles. The molecule has 3 nitrogen and oxygen atoms in total. The van der Waals surface area contributed by atoms with Crippen molar-refractivity contribution in [2.24, 2.45) is 0 Å². The Kier molecular flexibility index (Phi) is 3.42. The molecule has 0 amide bonds. The quantitative estimate of drug-likeness (QED) is 0.732. The van der Waals surface area contributed by atoms with Crippen molar-refractivity contribution in [1.82, 2.24) is 9.97 Å². The van der Waals surface area contributed by atoms with E-state index in [1.807, 2.05) is 6.92 Å². The lowest BCUT2D eigenvalue weighted by Gasteiger charge is -2.18. The molecule has 0 spiro atoms. The maximum absolute atomic E-state index is 4.43. The first-order valence-electron chi connectivity index (χ1n) is 7.33. The van der Waals surface area contributed by atoms with Crippen molar-refractivity contribution < 1.29 is 0 Å². The van der Waals surface area contributed by atoms with Crippen LogP contribution >= 0.6 is 0 Å². The van der Waals surface area contributed by atoms with Crippen LogP contribution in [0.4, 0.5) is 5.69 Å². The van der Waals surface area contributed by atoms with Crippen LogP contribution in [-0.4, -0.2) is 9.97 Å². The van der Waals surface area contributed by atoms with Gasteiger partial charge in [-0.3, -0.25) is 0 Å². The Morgan fingerprint density at radius 1 is 1.05 bits per heavy atom. The molecule has 0 fully saturated rings. The predicted octanol–water partition coefficient (Wildman–Crippen LogP) is 4.66. The largest absolute Gasteiger partial charge is 0.378 e. The number of hydrogen-bond donors (Lipinski definition) is 2. The van der Waals surface area contributed by atoms with E-state index in [9.17, 15) is 0 Å². The van der Waals surface area contributed by atoms with Crippen LogP contribution in [0.1, 0.15) is 35.5 Å². The Hall–Kier alpha value is -2.29. The lowest BCUT2D eigenvalue weighted by atomic mass is 10.00. The smallest absolute Gasteiger partial charge is 0.104 e. The molecular weight excluding hydrogens is 258 g/mol. The van der Waals surface area contributed by atoms with Crippen molar-refractivity contribution in [1.29, 1.82) is 0 Å². The van der Waals surface area contributed by atoms with E-state index in [0.29, 0.717) is 0 Å². The molecule has 2 aromatic carbocycles. The zero-order valence-electron chi connectivity index (χ0n) is 13.0. The van der Waals surface area contributed by atoms with Crippen LogP contribution in [0.15, 0.2) is 36.4 Å². The number of hydrogen-bond acceptors (Lipinski definition) is 2. The first-order valence-corrected chi connectivity index (χ1v) is 7.33. The number of aromatic nitrogens is 2. The number of H-pyrrole nitrogens is 1. The Balaban J connectivity index is 1.86. The molecule has 0 aliphatic rings. The minimum Gasteiger partial charge on any atom is -0.378 e. The van der Waals surface area contributed by atoms with Gasteiger partial charge in [-0.25, -0.2) is 4.98 Å². The summed E-state index contributed by atoms with van der Waals surface area (Å²) in [5, 5.41) is 3.57. The van der Waals surface area contributed by atoms with Crippen LogP contribution in [0.2, 0.25) is 0 Å². The Labute approximate surface area is 125 Å². The van der Waals surface area contributed by atoms with E-state index in [4.69, 9.17) is 0 Å². The summed E-state index contributed by atoms with van der Waals surface area (Å²) in [6.07, 6.45) is 0. The molecule has 3 aromatic rings. The molecule has 0 radical (unpaired) electrons. The second-order valence-corrected chi connectivity index (χ2v) is 5.78. The molecule has 21 heavy (non-hydrogen) atoms. The van der Waals surface area contributed by atoms with E-state index < -0.39 is 0 Å². The summed E-state index contributed by atoms with van der Waals surface area (Å²) in [5.41, 5.74) is 7.16. The Bertz CT molecular complexity index is 786. The van der Waals surface area contributed by atoms with Gasteiger partial charge in [0.15, 0.2) is 0 Å². The van der Waals surface area contributed by atoms with Gasteiger partial charge in [0.1, 0.15) is 5.82 Å². The summed E-state index contributed by atoms with van der Waals surface area (Å²) in [6, 6.07) is 13.1. The lowest BCUT2D eigenvalue weighted by molar-refractivity contribution is 0.873. The SMILES string of the molecule is Cc1ccc(C(C)Nc2ccc3nc(C)[nH]c3c2)c(C)c1. The molecule has 108 valence electrons. The highest BCUT2D eigenvalue weighted by atomic mass is 14.9. The first-order chi connectivity index (χ1) is 10.0. The summed E-state index contributed by atoms with van der Waals surface area (Å²) in [4.78, 5) is 7.71. The summed E-state index contributed by atoms with van der Waals surface area (Å²) in [7, 11) is 0. The van der Waals surface area contributed by atoms with Crippen LogP contribution in [0.5, 0.6) is 0 Å². The number of benzene rings is 2. The molecular formula is C18H21N3. The third-order valence-electron chi connectivity index (χ3n) is 3.88. The summed E-state index contributed by atoms with van der Waals surface area (Å²) < 4.78 is 0. The third kappa shape index (κ3) is 2.77. The van der Waals surface area contributed by atoms with Gasteiger partial charge < -0.3 is 10.3 Å². The summed E-state index contributed by atoms with van der Waals surface area (Å²) in [6.45, 7) is 8.47. The average Bonchev–Trinajstić information content (AvgIpc) is 2.77. The molecule has 0 aliphatic heterocycles. The zero-order chi connectivity index (χ0) is 15.0. The van der Waals surface area contributed by atoms with Crippen molar-refractivity contribution in [3.63, 3.8) is 0 Å². The van der Waals surface area contributed by atoms with Crippen LogP contribution in [0.3, 0.4) is 0 Å². The van der Waals surface area contributed by atoms with Gasteiger partial charge in [0, 0.05) is 11.7 Å². The van der Waals surface area contributed by atoms with Crippen LogP contribution in [-0.2, 0) is 0 Å². The number of rotatable bonds is 3. The highest BCUT2D eigenvalue weighted by molar-refractivity contribution is 5.79. The van der Waals surface area contributed by atoms with Gasteiger partial charge in [-0.05, 0) is 57.0 Å². The highest BCUT2D eigenvalue weighted by Gasteiger charge is 2.09. The highest BCUT2D eigenvalue weighted by Crippen LogP contribution is 2.24. The second kappa shape index (κ2) is 5.24. The van der Waals surface area contributed by atoms with Crippen molar-refractivity contribution in [3.05, 3.63) is 58.9 Å². The minimum atomic E-state index is 0.270. The topological polar surface area (TPSA) is 40.7 Å². The molecule has 3 rings (SSSR count). The number of nitrogens with zero attached hydrogens (tertiary/aromatic N) is 1. The lowest BCUT2D eigenvalue weighted by Crippen LogP contribution is -2.08. The molecule has 3 heteroatoms. The van der Waals surface area contributed by atoms with E-state index >= 15 is 0 Å². The van der Waals surface area contributed by atoms with Crippen molar-refractivity contribution in [2.75, 3.05) is 5.32 Å². The van der Waals surface area contributed by atoms with Gasteiger partial charge in [0.25, 0.3) is 0 Å². The first kappa shape index (κ1) is 13.7. The fourth-order valence-corrected chi connectivity index (χ4v) is 2.87. The monoisotopic (exact) mass is 279 g/mol. The standard InChI is InChI=1S/C18H21N3/c1-11-5-7-16(12(2)9-11)13(3)19-15-6-8-17-18(10-15)21-14(4)20-17/h5-10,13,19H,1-4H3,(H,20,21). The van der Waals surface area contributed by atoms with Crippen LogP contribution in [0.25, 0.3) is 11.0 Å². The number of aryl methyl sites for hydroxylation is 3. The molecule has 1 unspecified atom stereocenters. The number of aromatic amines is 1. The van der Waals surface area contributed by atoms with Crippen molar-refractivity contribution >= 4 is 16.7 Å². The fourth-order valence-electron chi connectivity index (χ4n) is 2.87. The molecule has 0 aliphatic carbocycles. The van der Waals surface area contributed by atoms with Crippen LogP contribution in [0, 0.1) is 20.8 Å². The molecule has 1 heterocycles. The summed E-state index contributed by atoms with van der Waals surface area (Å²) >= 11 is 0. The molecule has 1 aromatic heterocycles. The van der Waals surface area contributed by atoms with Crippen molar-refractivity contribution in [2.45, 2.75) is 33.7 Å². The van der Waals surface area contributed by atoms with Gasteiger partial charge in [-0.1, -0.05) is 23.8 Å². The van der Waals surface area contributed by atoms with Gasteiger partial charge in [0.05, 0.1) is 11.0 Å². The molecule has 1 atom stereocenters. The maximum atomic E-state index is 4.43. The minimum absolute atomic E-state index is 0.270. The van der Waals surface area contributed by atoms with Gasteiger partial charge >= 0.3 is 0 Å². The van der Waals surface area contributed by atoms with Gasteiger partial charge in [0.2, 0.25) is 0 Å². The average molecular weight is 279 g/mol. The third-order valence-corrected chi connectivity index (χ3v) is 3.88. The number of fused-ring (bicyclic) bond motifs is 1.